The van der Waals surface area contributed by atoms with Crippen molar-refractivity contribution in [3.63, 3.8) is 0 Å². The van der Waals surface area contributed by atoms with E-state index >= 15 is 0 Å². The summed E-state index contributed by atoms with van der Waals surface area (Å²) in [6.07, 6.45) is 5.02. The normalized spacial score (nSPS) is 28.8. The minimum absolute atomic E-state index is 0.165. The molecule has 0 unspecified atom stereocenters. The summed E-state index contributed by atoms with van der Waals surface area (Å²) in [5.41, 5.74) is 7.39. The first-order valence-corrected chi connectivity index (χ1v) is 6.55. The van der Waals surface area contributed by atoms with Crippen LogP contribution in [0.5, 0.6) is 0 Å². The molecule has 2 heteroatoms. The van der Waals surface area contributed by atoms with Gasteiger partial charge in [0.1, 0.15) is 0 Å². The van der Waals surface area contributed by atoms with Crippen molar-refractivity contribution < 1.29 is 0 Å². The maximum atomic E-state index is 6.27. The third-order valence-corrected chi connectivity index (χ3v) is 4.22. The molecule has 1 aromatic carbocycles. The Bertz CT molecular complexity index is 356. The van der Waals surface area contributed by atoms with Gasteiger partial charge in [0.05, 0.1) is 0 Å². The molecule has 2 rings (SSSR count). The fraction of sp³-hybridized carbons (Fsp3) is 0.571. The van der Waals surface area contributed by atoms with Gasteiger partial charge in [-0.3, -0.25) is 0 Å². The van der Waals surface area contributed by atoms with E-state index in [1.54, 1.807) is 0 Å². The number of benzene rings is 1. The number of hydrogen-bond acceptors (Lipinski definition) is 1. The van der Waals surface area contributed by atoms with Crippen molar-refractivity contribution in [2.75, 3.05) is 6.54 Å². The Kier molecular flexibility index (Phi) is 3.56. The van der Waals surface area contributed by atoms with Crippen molar-refractivity contribution in [3.05, 3.63) is 34.9 Å². The Morgan fingerprint density at radius 2 is 2.06 bits per heavy atom. The maximum Gasteiger partial charge on any atom is 0.0444 e. The van der Waals surface area contributed by atoms with Gasteiger partial charge in [0.15, 0.2) is 0 Å². The zero-order valence-electron chi connectivity index (χ0n) is 9.88. The highest BCUT2D eigenvalue weighted by Gasteiger charge is 2.44. The van der Waals surface area contributed by atoms with E-state index in [1.807, 2.05) is 12.1 Å². The lowest BCUT2D eigenvalue weighted by Gasteiger charge is -2.48. The molecule has 16 heavy (non-hydrogen) atoms. The minimum Gasteiger partial charge on any atom is -0.330 e. The largest absolute Gasteiger partial charge is 0.330 e. The lowest BCUT2D eigenvalue weighted by Crippen LogP contribution is -2.47. The third-order valence-electron chi connectivity index (χ3n) is 3.89. The van der Waals surface area contributed by atoms with Gasteiger partial charge < -0.3 is 5.73 Å². The number of rotatable bonds is 4. The minimum atomic E-state index is 0.165. The van der Waals surface area contributed by atoms with Crippen LogP contribution in [0.3, 0.4) is 0 Å². The third kappa shape index (κ3) is 1.99. The lowest BCUT2D eigenvalue weighted by atomic mass is 9.57. The molecule has 0 saturated heterocycles. The Balaban J connectivity index is 2.16. The molecule has 0 atom stereocenters. The Hall–Kier alpha value is -0.530. The van der Waals surface area contributed by atoms with Gasteiger partial charge in [-0.1, -0.05) is 49.6 Å². The van der Waals surface area contributed by atoms with Gasteiger partial charge in [0.2, 0.25) is 0 Å². The van der Waals surface area contributed by atoms with Crippen LogP contribution in [0.15, 0.2) is 24.3 Å². The summed E-state index contributed by atoms with van der Waals surface area (Å²) in [7, 11) is 0. The van der Waals surface area contributed by atoms with Crippen LogP contribution in [-0.4, -0.2) is 6.54 Å². The quantitative estimate of drug-likeness (QED) is 0.848. The van der Waals surface area contributed by atoms with Crippen LogP contribution in [-0.2, 0) is 5.41 Å². The van der Waals surface area contributed by atoms with Crippen molar-refractivity contribution >= 4 is 11.6 Å². The second-order valence-electron chi connectivity index (χ2n) is 5.03. The van der Waals surface area contributed by atoms with Gasteiger partial charge in [-0.05, 0) is 30.4 Å². The molecule has 1 aromatic rings. The average Bonchev–Trinajstić information content (AvgIpc) is 2.24. The molecule has 0 aliphatic heterocycles. The second-order valence-corrected chi connectivity index (χ2v) is 5.43. The lowest BCUT2D eigenvalue weighted by molar-refractivity contribution is 0.139. The van der Waals surface area contributed by atoms with E-state index in [0.29, 0.717) is 0 Å². The van der Waals surface area contributed by atoms with Gasteiger partial charge in [-0.2, -0.15) is 0 Å². The van der Waals surface area contributed by atoms with Crippen molar-refractivity contribution in [2.45, 2.75) is 38.0 Å². The highest BCUT2D eigenvalue weighted by molar-refractivity contribution is 6.31. The summed E-state index contributed by atoms with van der Waals surface area (Å²) < 4.78 is 0. The Labute approximate surface area is 103 Å². The molecule has 88 valence electrons. The Morgan fingerprint density at radius 3 is 2.62 bits per heavy atom. The van der Waals surface area contributed by atoms with Crippen molar-refractivity contribution in [3.8, 4) is 0 Å². The number of hydrogen-bond donors (Lipinski definition) is 1. The van der Waals surface area contributed by atoms with Crippen LogP contribution >= 0.6 is 11.6 Å². The molecule has 0 amide bonds. The number of halogens is 1. The van der Waals surface area contributed by atoms with Crippen LogP contribution in [0.1, 0.15) is 38.2 Å². The van der Waals surface area contributed by atoms with Crippen molar-refractivity contribution in [2.24, 2.45) is 11.7 Å². The predicted molar refractivity (Wildman–Crippen MR) is 69.8 cm³/mol. The van der Waals surface area contributed by atoms with Crippen LogP contribution in [0, 0.1) is 5.92 Å². The monoisotopic (exact) mass is 237 g/mol. The molecule has 0 radical (unpaired) electrons. The van der Waals surface area contributed by atoms with E-state index in [9.17, 15) is 0 Å². The van der Waals surface area contributed by atoms with Crippen LogP contribution in [0.25, 0.3) is 0 Å². The molecule has 0 heterocycles. The summed E-state index contributed by atoms with van der Waals surface area (Å²) in [5, 5.41) is 0.878. The van der Waals surface area contributed by atoms with E-state index in [0.717, 1.165) is 17.5 Å². The first-order valence-electron chi connectivity index (χ1n) is 6.17. The summed E-state index contributed by atoms with van der Waals surface area (Å²) in [4.78, 5) is 0. The predicted octanol–water partition coefficient (Wildman–Crippen LogP) is 3.75. The van der Waals surface area contributed by atoms with E-state index in [-0.39, 0.29) is 5.41 Å². The molecule has 1 saturated carbocycles. The van der Waals surface area contributed by atoms with Gasteiger partial charge in [-0.25, -0.2) is 0 Å². The molecule has 0 bridgehead atoms. The smallest absolute Gasteiger partial charge is 0.0444 e. The van der Waals surface area contributed by atoms with Gasteiger partial charge in [0.25, 0.3) is 0 Å². The summed E-state index contributed by atoms with van der Waals surface area (Å²) in [6, 6.07) is 8.16. The maximum absolute atomic E-state index is 6.27. The van der Waals surface area contributed by atoms with Crippen LogP contribution in [0.4, 0.5) is 0 Å². The van der Waals surface area contributed by atoms with Gasteiger partial charge >= 0.3 is 0 Å². The van der Waals surface area contributed by atoms with E-state index in [4.69, 9.17) is 17.3 Å². The van der Waals surface area contributed by atoms with E-state index in [2.05, 4.69) is 19.1 Å². The zero-order chi connectivity index (χ0) is 11.6. The van der Waals surface area contributed by atoms with E-state index in [1.165, 1.54) is 31.2 Å². The van der Waals surface area contributed by atoms with Gasteiger partial charge in [0, 0.05) is 17.0 Å². The molecule has 2 N–H and O–H groups in total. The highest BCUT2D eigenvalue weighted by atomic mass is 35.5. The fourth-order valence-electron chi connectivity index (χ4n) is 3.05. The first-order chi connectivity index (χ1) is 7.72. The molecule has 1 fully saturated rings. The molecular weight excluding hydrogens is 218 g/mol. The summed E-state index contributed by atoms with van der Waals surface area (Å²) in [5.74, 6) is 0.852. The van der Waals surface area contributed by atoms with Crippen molar-refractivity contribution in [1.29, 1.82) is 0 Å². The molecule has 0 aromatic heterocycles. The average molecular weight is 238 g/mol. The standard InChI is InChI=1S/C14H20ClN/c1-2-5-11-8-14(9-11,10-16)12-6-3-4-7-13(12)15/h3-4,6-7,11H,2,5,8-10,16H2,1H3. The molecule has 1 aliphatic carbocycles. The Morgan fingerprint density at radius 1 is 1.38 bits per heavy atom. The van der Waals surface area contributed by atoms with E-state index < -0.39 is 0 Å². The van der Waals surface area contributed by atoms with Crippen LogP contribution in [0.2, 0.25) is 5.02 Å². The van der Waals surface area contributed by atoms with Crippen LogP contribution < -0.4 is 5.73 Å². The second kappa shape index (κ2) is 4.77. The highest BCUT2D eigenvalue weighted by Crippen LogP contribution is 2.50. The number of nitrogens with two attached hydrogens (primary N) is 1. The summed E-state index contributed by atoms with van der Waals surface area (Å²) in [6.45, 7) is 2.97. The first kappa shape index (κ1) is 11.9. The zero-order valence-corrected chi connectivity index (χ0v) is 10.6. The molecular formula is C14H20ClN. The topological polar surface area (TPSA) is 26.0 Å². The summed E-state index contributed by atoms with van der Waals surface area (Å²) >= 11 is 6.27. The van der Waals surface area contributed by atoms with Crippen molar-refractivity contribution in [1.82, 2.24) is 0 Å². The fourth-order valence-corrected chi connectivity index (χ4v) is 3.38. The molecule has 0 spiro atoms. The van der Waals surface area contributed by atoms with Gasteiger partial charge in [-0.15, -0.1) is 0 Å². The SMILES string of the molecule is CCCC1CC(CN)(c2ccccc2Cl)C1. The molecule has 1 nitrogen and oxygen atoms in total. The molecule has 1 aliphatic rings.